The van der Waals surface area contributed by atoms with Gasteiger partial charge in [0.2, 0.25) is 0 Å². The number of non-ortho nitro benzene ring substituents is 1. The van der Waals surface area contributed by atoms with Gasteiger partial charge in [0.15, 0.2) is 6.61 Å². The fourth-order valence-electron chi connectivity index (χ4n) is 3.22. The minimum atomic E-state index is -1.18. The topological polar surface area (TPSA) is 181 Å². The van der Waals surface area contributed by atoms with Crippen LogP contribution in [0, 0.1) is 22.4 Å². The molecule has 0 aliphatic carbocycles. The molecule has 1 amide bonds. The number of nitrogen functional groups attached to an aromatic ring is 1. The van der Waals surface area contributed by atoms with Crippen molar-refractivity contribution in [3.63, 3.8) is 0 Å². The lowest BCUT2D eigenvalue weighted by Gasteiger charge is -2.15. The van der Waals surface area contributed by atoms with Crippen LogP contribution in [0.25, 0.3) is 0 Å². The second kappa shape index (κ2) is 10.8. The van der Waals surface area contributed by atoms with Crippen LogP contribution in [0.3, 0.4) is 0 Å². The minimum Gasteiger partial charge on any atom is -0.482 e. The molecule has 0 bridgehead atoms. The lowest BCUT2D eigenvalue weighted by atomic mass is 10.1. The molecule has 3 aromatic rings. The summed E-state index contributed by atoms with van der Waals surface area (Å²) in [5, 5.41) is 33.4. The zero-order chi connectivity index (χ0) is 25.5. The number of aryl methyl sites for hydroxylation is 1. The van der Waals surface area contributed by atoms with Gasteiger partial charge >= 0.3 is 5.97 Å². The summed E-state index contributed by atoms with van der Waals surface area (Å²) in [6.07, 6.45) is 0. The first-order valence-electron chi connectivity index (χ1n) is 10.4. The van der Waals surface area contributed by atoms with E-state index in [1.165, 1.54) is 18.2 Å². The maximum absolute atomic E-state index is 13.0. The number of ether oxygens (including phenoxy) is 1. The van der Waals surface area contributed by atoms with Gasteiger partial charge in [-0.3, -0.25) is 20.3 Å². The van der Waals surface area contributed by atoms with Crippen LogP contribution in [0.1, 0.15) is 27.0 Å². The Bertz CT molecular complexity index is 1290. The number of amides is 1. The maximum Gasteiger partial charge on any atom is 0.341 e. The zero-order valence-electron chi connectivity index (χ0n) is 18.7. The third-order valence-corrected chi connectivity index (χ3v) is 4.95. The molecule has 3 aromatic carbocycles. The fraction of sp³-hybridized carbons (Fsp3) is 0.125. The molecule has 3 rings (SSSR count). The Kier molecular flexibility index (Phi) is 7.62. The van der Waals surface area contributed by atoms with Crippen LogP contribution in [0.4, 0.5) is 17.1 Å². The molecule has 0 atom stereocenters. The molecule has 0 heterocycles. The molecule has 0 aromatic heterocycles. The molecule has 0 aliphatic rings. The number of rotatable bonds is 10. The number of nitrogens with one attached hydrogen (secondary N) is 3. The van der Waals surface area contributed by atoms with Gasteiger partial charge in [-0.25, -0.2) is 4.79 Å². The summed E-state index contributed by atoms with van der Waals surface area (Å²) in [4.78, 5) is 34.5. The van der Waals surface area contributed by atoms with Crippen LogP contribution in [0.5, 0.6) is 5.75 Å². The highest BCUT2D eigenvalue weighted by Gasteiger charge is 2.16. The van der Waals surface area contributed by atoms with E-state index in [9.17, 15) is 19.7 Å². The number of nitrogens with two attached hydrogens (primary N) is 1. The van der Waals surface area contributed by atoms with E-state index in [1.807, 2.05) is 6.92 Å². The Balaban J connectivity index is 1.83. The third-order valence-electron chi connectivity index (χ3n) is 4.95. The van der Waals surface area contributed by atoms with Crippen LogP contribution in [-0.4, -0.2) is 34.3 Å². The van der Waals surface area contributed by atoms with Crippen LogP contribution in [0.15, 0.2) is 60.7 Å². The van der Waals surface area contributed by atoms with E-state index in [1.54, 1.807) is 42.5 Å². The molecular weight excluding hydrogens is 454 g/mol. The molecule has 0 saturated heterocycles. The zero-order valence-corrected chi connectivity index (χ0v) is 18.7. The van der Waals surface area contributed by atoms with Crippen LogP contribution in [0.2, 0.25) is 0 Å². The number of hydrogen-bond acceptors (Lipinski definition) is 7. The Morgan fingerprint density at radius 2 is 1.83 bits per heavy atom. The molecule has 35 heavy (non-hydrogen) atoms. The predicted molar refractivity (Wildman–Crippen MR) is 130 cm³/mol. The summed E-state index contributed by atoms with van der Waals surface area (Å²) >= 11 is 0. The molecule has 11 nitrogen and oxygen atoms in total. The molecule has 0 saturated carbocycles. The van der Waals surface area contributed by atoms with Gasteiger partial charge in [0, 0.05) is 41.2 Å². The highest BCUT2D eigenvalue weighted by molar-refractivity contribution is 6.08. The summed E-state index contributed by atoms with van der Waals surface area (Å²) < 4.78 is 5.26. The summed E-state index contributed by atoms with van der Waals surface area (Å²) in [7, 11) is 0. The first kappa shape index (κ1) is 24.7. The molecule has 180 valence electrons. The number of hydrogen-bond donors (Lipinski definition) is 5. The van der Waals surface area contributed by atoms with Crippen LogP contribution < -0.4 is 21.1 Å². The first-order valence-corrected chi connectivity index (χ1v) is 10.4. The number of amidine groups is 1. The fourth-order valence-corrected chi connectivity index (χ4v) is 3.22. The van der Waals surface area contributed by atoms with Gasteiger partial charge in [-0.05, 0) is 49.4 Å². The van der Waals surface area contributed by atoms with Gasteiger partial charge in [-0.15, -0.1) is 0 Å². The lowest BCUT2D eigenvalue weighted by molar-refractivity contribution is -0.384. The molecule has 0 radical (unpaired) electrons. The maximum atomic E-state index is 13.0. The van der Waals surface area contributed by atoms with Crippen molar-refractivity contribution in [1.82, 2.24) is 0 Å². The molecule has 11 heteroatoms. The van der Waals surface area contributed by atoms with E-state index in [2.05, 4.69) is 10.6 Å². The average molecular weight is 477 g/mol. The van der Waals surface area contributed by atoms with Crippen molar-refractivity contribution in [2.75, 3.05) is 17.2 Å². The third kappa shape index (κ3) is 6.54. The smallest absolute Gasteiger partial charge is 0.341 e. The summed E-state index contributed by atoms with van der Waals surface area (Å²) in [6, 6.07) is 15.6. The largest absolute Gasteiger partial charge is 0.482 e. The Morgan fingerprint density at radius 1 is 1.11 bits per heavy atom. The SMILES string of the molecule is Cc1ccc(NCc2cc([N+](=O)[O-])ccc2OCC(=O)O)c(C(=O)Nc2ccc(C(=N)N)cc2)c1. The van der Waals surface area contributed by atoms with Crippen molar-refractivity contribution < 1.29 is 24.4 Å². The van der Waals surface area contributed by atoms with Gasteiger partial charge < -0.3 is 26.2 Å². The second-order valence-electron chi connectivity index (χ2n) is 7.58. The van der Waals surface area contributed by atoms with E-state index >= 15 is 0 Å². The molecule has 0 spiro atoms. The van der Waals surface area contributed by atoms with E-state index in [0.29, 0.717) is 28.1 Å². The molecule has 0 aliphatic heterocycles. The number of nitrogens with zero attached hydrogens (tertiary/aromatic N) is 1. The van der Waals surface area contributed by atoms with Gasteiger partial charge in [0.25, 0.3) is 11.6 Å². The summed E-state index contributed by atoms with van der Waals surface area (Å²) in [5.41, 5.74) is 8.30. The number of carbonyl (C=O) groups excluding carboxylic acids is 1. The van der Waals surface area contributed by atoms with E-state index < -0.39 is 23.4 Å². The van der Waals surface area contributed by atoms with Crippen molar-refractivity contribution in [3.05, 3.63) is 93.0 Å². The molecule has 6 N–H and O–H groups in total. The van der Waals surface area contributed by atoms with Gasteiger partial charge in [0.1, 0.15) is 11.6 Å². The van der Waals surface area contributed by atoms with Crippen molar-refractivity contribution in [1.29, 1.82) is 5.41 Å². The predicted octanol–water partition coefficient (Wildman–Crippen LogP) is 3.52. The highest BCUT2D eigenvalue weighted by Crippen LogP contribution is 2.27. The van der Waals surface area contributed by atoms with Crippen molar-refractivity contribution >= 4 is 34.8 Å². The Morgan fingerprint density at radius 3 is 2.46 bits per heavy atom. The number of nitro benzene ring substituents is 1. The summed E-state index contributed by atoms with van der Waals surface area (Å²) in [6.45, 7) is 1.26. The average Bonchev–Trinajstić information content (AvgIpc) is 2.82. The quantitative estimate of drug-likeness (QED) is 0.127. The van der Waals surface area contributed by atoms with E-state index in [4.69, 9.17) is 21.0 Å². The number of aliphatic carboxylic acids is 1. The standard InChI is InChI=1S/C24H23N5O6/c1-14-2-8-20(19(10-14)24(32)28-17-5-3-15(4-6-17)23(25)26)27-12-16-11-18(29(33)34)7-9-21(16)35-13-22(30)31/h2-11,27H,12-13H2,1H3,(H3,25,26)(H,28,32)(H,30,31). The number of nitro groups is 1. The monoisotopic (exact) mass is 477 g/mol. The Labute approximate surface area is 200 Å². The summed E-state index contributed by atoms with van der Waals surface area (Å²) in [5.74, 6) is -1.49. The molecule has 0 unspecified atom stereocenters. The normalized spacial score (nSPS) is 10.3. The number of anilines is 2. The number of carboxylic acid groups (broad SMARTS) is 1. The van der Waals surface area contributed by atoms with E-state index in [-0.39, 0.29) is 23.8 Å². The van der Waals surface area contributed by atoms with Crippen molar-refractivity contribution in [3.8, 4) is 5.75 Å². The first-order chi connectivity index (χ1) is 16.6. The van der Waals surface area contributed by atoms with Gasteiger partial charge in [-0.1, -0.05) is 11.6 Å². The molecule has 0 fully saturated rings. The minimum absolute atomic E-state index is 0.0350. The van der Waals surface area contributed by atoms with Gasteiger partial charge in [-0.2, -0.15) is 0 Å². The van der Waals surface area contributed by atoms with Crippen LogP contribution >= 0.6 is 0 Å². The number of benzene rings is 3. The molecular formula is C24H23N5O6. The lowest BCUT2D eigenvalue weighted by Crippen LogP contribution is -2.16. The Hall–Kier alpha value is -4.93. The highest BCUT2D eigenvalue weighted by atomic mass is 16.6. The number of carboxylic acids is 1. The van der Waals surface area contributed by atoms with Gasteiger partial charge in [0.05, 0.1) is 10.5 Å². The number of carbonyl (C=O) groups is 2. The van der Waals surface area contributed by atoms with Crippen LogP contribution in [-0.2, 0) is 11.3 Å². The second-order valence-corrected chi connectivity index (χ2v) is 7.58. The van der Waals surface area contributed by atoms with Crippen molar-refractivity contribution in [2.24, 2.45) is 5.73 Å². The van der Waals surface area contributed by atoms with E-state index in [0.717, 1.165) is 5.56 Å². The van der Waals surface area contributed by atoms with Crippen molar-refractivity contribution in [2.45, 2.75) is 13.5 Å².